The summed E-state index contributed by atoms with van der Waals surface area (Å²) in [5.41, 5.74) is -0.0892. The zero-order valence-electron chi connectivity index (χ0n) is 9.50. The van der Waals surface area contributed by atoms with Gasteiger partial charge in [-0.3, -0.25) is 4.79 Å². The lowest BCUT2D eigenvalue weighted by Crippen LogP contribution is -2.14. The number of pyridine rings is 2. The molecule has 0 aliphatic heterocycles. The number of halogens is 1. The number of carboxylic acid groups (broad SMARTS) is 1. The zero-order valence-corrected chi connectivity index (χ0v) is 9.50. The number of carbonyl (C=O) groups excluding carboxylic acids is 1. The number of hydrogen-bond acceptors (Lipinski definition) is 4. The first-order valence-corrected chi connectivity index (χ1v) is 5.19. The molecule has 0 unspecified atom stereocenters. The standard InChI is InChI=1S/C12H8FN3O3/c13-10-8(2-1-5-14-10)11(17)16-7-3-4-9(12(18)19)15-6-7/h1-6H,(H,16,17)(H,18,19). The Morgan fingerprint density at radius 1 is 1.21 bits per heavy atom. The summed E-state index contributed by atoms with van der Waals surface area (Å²) >= 11 is 0. The van der Waals surface area contributed by atoms with E-state index in [1.807, 2.05) is 0 Å². The third kappa shape index (κ3) is 2.89. The van der Waals surface area contributed by atoms with Gasteiger partial charge in [0.2, 0.25) is 5.95 Å². The van der Waals surface area contributed by atoms with Crippen molar-refractivity contribution in [3.63, 3.8) is 0 Å². The van der Waals surface area contributed by atoms with Gasteiger partial charge in [0.25, 0.3) is 5.91 Å². The molecule has 0 spiro atoms. The highest BCUT2D eigenvalue weighted by Gasteiger charge is 2.12. The number of carboxylic acids is 1. The minimum atomic E-state index is -1.17. The fourth-order valence-electron chi connectivity index (χ4n) is 1.35. The molecule has 0 fully saturated rings. The molecule has 96 valence electrons. The molecule has 19 heavy (non-hydrogen) atoms. The van der Waals surface area contributed by atoms with Crippen LogP contribution in [0.4, 0.5) is 10.1 Å². The molecule has 0 radical (unpaired) electrons. The first kappa shape index (κ1) is 12.6. The molecule has 0 saturated carbocycles. The van der Waals surface area contributed by atoms with Gasteiger partial charge >= 0.3 is 5.97 Å². The van der Waals surface area contributed by atoms with Gasteiger partial charge in [0.1, 0.15) is 5.69 Å². The first-order valence-electron chi connectivity index (χ1n) is 5.19. The van der Waals surface area contributed by atoms with Gasteiger partial charge in [0.05, 0.1) is 17.4 Å². The van der Waals surface area contributed by atoms with Crippen LogP contribution in [-0.2, 0) is 0 Å². The molecule has 0 aliphatic carbocycles. The maximum Gasteiger partial charge on any atom is 0.354 e. The Kier molecular flexibility index (Phi) is 3.46. The molecule has 2 heterocycles. The Labute approximate surface area is 106 Å². The van der Waals surface area contributed by atoms with Crippen LogP contribution in [0.1, 0.15) is 20.8 Å². The fourth-order valence-corrected chi connectivity index (χ4v) is 1.35. The number of nitrogens with one attached hydrogen (secondary N) is 1. The van der Waals surface area contributed by atoms with Crippen LogP contribution in [0.5, 0.6) is 0 Å². The molecular weight excluding hydrogens is 253 g/mol. The Morgan fingerprint density at radius 3 is 2.58 bits per heavy atom. The zero-order chi connectivity index (χ0) is 13.8. The van der Waals surface area contributed by atoms with Crippen LogP contribution in [0.15, 0.2) is 36.7 Å². The van der Waals surface area contributed by atoms with Crippen LogP contribution < -0.4 is 5.32 Å². The van der Waals surface area contributed by atoms with Crippen LogP contribution in [0, 0.1) is 5.95 Å². The normalized spacial score (nSPS) is 9.95. The molecule has 0 bridgehead atoms. The highest BCUT2D eigenvalue weighted by atomic mass is 19.1. The van der Waals surface area contributed by atoms with E-state index >= 15 is 0 Å². The summed E-state index contributed by atoms with van der Waals surface area (Å²) in [6, 6.07) is 5.32. The molecule has 6 nitrogen and oxygen atoms in total. The van der Waals surface area contributed by atoms with E-state index in [2.05, 4.69) is 15.3 Å². The van der Waals surface area contributed by atoms with E-state index < -0.39 is 17.8 Å². The van der Waals surface area contributed by atoms with Crippen molar-refractivity contribution < 1.29 is 19.1 Å². The van der Waals surface area contributed by atoms with E-state index in [1.165, 1.54) is 36.7 Å². The average Bonchev–Trinajstić information content (AvgIpc) is 2.39. The van der Waals surface area contributed by atoms with Crippen molar-refractivity contribution in [3.8, 4) is 0 Å². The summed E-state index contributed by atoms with van der Waals surface area (Å²) < 4.78 is 13.2. The van der Waals surface area contributed by atoms with Gasteiger partial charge < -0.3 is 10.4 Å². The van der Waals surface area contributed by atoms with Crippen molar-refractivity contribution in [2.45, 2.75) is 0 Å². The van der Waals surface area contributed by atoms with Gasteiger partial charge in [-0.25, -0.2) is 14.8 Å². The Morgan fingerprint density at radius 2 is 2.00 bits per heavy atom. The second-order valence-corrected chi connectivity index (χ2v) is 3.53. The van der Waals surface area contributed by atoms with Crippen LogP contribution in [0.3, 0.4) is 0 Å². The van der Waals surface area contributed by atoms with Crippen LogP contribution in [0.25, 0.3) is 0 Å². The van der Waals surface area contributed by atoms with Crippen LogP contribution >= 0.6 is 0 Å². The molecular formula is C12H8FN3O3. The van der Waals surface area contributed by atoms with E-state index in [1.54, 1.807) is 0 Å². The van der Waals surface area contributed by atoms with Gasteiger partial charge in [0.15, 0.2) is 0 Å². The minimum Gasteiger partial charge on any atom is -0.477 e. The second kappa shape index (κ2) is 5.21. The molecule has 0 aliphatic rings. The predicted octanol–water partition coefficient (Wildman–Crippen LogP) is 1.57. The average molecular weight is 261 g/mol. The lowest BCUT2D eigenvalue weighted by atomic mass is 10.2. The van der Waals surface area contributed by atoms with Crippen molar-refractivity contribution in [1.82, 2.24) is 9.97 Å². The number of aromatic carboxylic acids is 1. The third-order valence-corrected chi connectivity index (χ3v) is 2.24. The summed E-state index contributed by atoms with van der Waals surface area (Å²) in [5, 5.41) is 11.1. The summed E-state index contributed by atoms with van der Waals surface area (Å²) in [5.74, 6) is -2.73. The largest absolute Gasteiger partial charge is 0.477 e. The molecule has 0 saturated heterocycles. The molecule has 0 aromatic carbocycles. The van der Waals surface area contributed by atoms with Gasteiger partial charge in [0, 0.05) is 6.20 Å². The van der Waals surface area contributed by atoms with E-state index in [0.29, 0.717) is 0 Å². The number of nitrogens with zero attached hydrogens (tertiary/aromatic N) is 2. The Balaban J connectivity index is 2.15. The van der Waals surface area contributed by atoms with Gasteiger partial charge in [-0.15, -0.1) is 0 Å². The number of aromatic nitrogens is 2. The minimum absolute atomic E-state index is 0.148. The monoisotopic (exact) mass is 261 g/mol. The van der Waals surface area contributed by atoms with Gasteiger partial charge in [-0.2, -0.15) is 4.39 Å². The first-order chi connectivity index (χ1) is 9.08. The van der Waals surface area contributed by atoms with Gasteiger partial charge in [-0.1, -0.05) is 0 Å². The quantitative estimate of drug-likeness (QED) is 0.818. The molecule has 2 rings (SSSR count). The highest BCUT2D eigenvalue weighted by molar-refractivity contribution is 6.04. The lowest BCUT2D eigenvalue weighted by molar-refractivity contribution is 0.0690. The number of carbonyl (C=O) groups is 2. The SMILES string of the molecule is O=C(O)c1ccc(NC(=O)c2cccnc2F)cn1. The van der Waals surface area contributed by atoms with Crippen molar-refractivity contribution in [1.29, 1.82) is 0 Å². The Bertz CT molecular complexity index is 628. The van der Waals surface area contributed by atoms with Crippen molar-refractivity contribution in [3.05, 3.63) is 53.9 Å². The van der Waals surface area contributed by atoms with Crippen molar-refractivity contribution >= 4 is 17.6 Å². The van der Waals surface area contributed by atoms with E-state index in [0.717, 1.165) is 0 Å². The van der Waals surface area contributed by atoms with E-state index in [9.17, 15) is 14.0 Å². The maximum atomic E-state index is 13.2. The van der Waals surface area contributed by atoms with Crippen molar-refractivity contribution in [2.75, 3.05) is 5.32 Å². The molecule has 0 atom stereocenters. The number of amides is 1. The smallest absolute Gasteiger partial charge is 0.354 e. The molecule has 2 aromatic rings. The molecule has 2 N–H and O–H groups in total. The summed E-state index contributed by atoms with van der Waals surface area (Å²) in [6.45, 7) is 0. The summed E-state index contributed by atoms with van der Waals surface area (Å²) in [7, 11) is 0. The summed E-state index contributed by atoms with van der Waals surface area (Å²) in [6.07, 6.45) is 2.41. The Hall–Kier alpha value is -2.83. The summed E-state index contributed by atoms with van der Waals surface area (Å²) in [4.78, 5) is 29.3. The molecule has 2 aromatic heterocycles. The van der Waals surface area contributed by atoms with E-state index in [-0.39, 0.29) is 16.9 Å². The van der Waals surface area contributed by atoms with E-state index in [4.69, 9.17) is 5.11 Å². The van der Waals surface area contributed by atoms with Crippen molar-refractivity contribution in [2.24, 2.45) is 0 Å². The number of hydrogen-bond donors (Lipinski definition) is 2. The van der Waals surface area contributed by atoms with Gasteiger partial charge in [-0.05, 0) is 24.3 Å². The van der Waals surface area contributed by atoms with Crippen LogP contribution in [0.2, 0.25) is 0 Å². The number of rotatable bonds is 3. The highest BCUT2D eigenvalue weighted by Crippen LogP contribution is 2.10. The van der Waals surface area contributed by atoms with Crippen LogP contribution in [-0.4, -0.2) is 27.0 Å². The fraction of sp³-hybridized carbons (Fsp3) is 0. The number of anilines is 1. The molecule has 7 heteroatoms. The molecule has 1 amide bonds. The predicted molar refractivity (Wildman–Crippen MR) is 63.3 cm³/mol. The second-order valence-electron chi connectivity index (χ2n) is 3.53. The maximum absolute atomic E-state index is 13.2. The topological polar surface area (TPSA) is 92.2 Å². The lowest BCUT2D eigenvalue weighted by Gasteiger charge is -2.05. The third-order valence-electron chi connectivity index (χ3n) is 2.24.